The summed E-state index contributed by atoms with van der Waals surface area (Å²) < 4.78 is 22.2. The van der Waals surface area contributed by atoms with Crippen LogP contribution in [0.4, 0.5) is 5.69 Å². The molecule has 0 saturated heterocycles. The molecule has 122 valence electrons. The SMILES string of the molecule is CN(C(=O)CCCS(C)(=O)=O)c1ccc(-c2ccccc2)cc1. The molecule has 2 rings (SSSR count). The van der Waals surface area contributed by atoms with Gasteiger partial charge in [-0.3, -0.25) is 4.79 Å². The summed E-state index contributed by atoms with van der Waals surface area (Å²) in [6.07, 6.45) is 1.76. The van der Waals surface area contributed by atoms with E-state index in [-0.39, 0.29) is 18.1 Å². The van der Waals surface area contributed by atoms with Crippen LogP contribution in [0.5, 0.6) is 0 Å². The van der Waals surface area contributed by atoms with Gasteiger partial charge in [0.25, 0.3) is 0 Å². The summed E-state index contributed by atoms with van der Waals surface area (Å²) in [7, 11) is -1.31. The number of rotatable bonds is 6. The molecular formula is C18H21NO3S. The second-order valence-electron chi connectivity index (χ2n) is 5.60. The fourth-order valence-corrected chi connectivity index (χ4v) is 2.97. The number of benzene rings is 2. The van der Waals surface area contributed by atoms with Gasteiger partial charge in [0.2, 0.25) is 5.91 Å². The monoisotopic (exact) mass is 331 g/mol. The van der Waals surface area contributed by atoms with E-state index in [0.29, 0.717) is 6.42 Å². The van der Waals surface area contributed by atoms with E-state index in [4.69, 9.17) is 0 Å². The van der Waals surface area contributed by atoms with E-state index in [1.54, 1.807) is 11.9 Å². The van der Waals surface area contributed by atoms with E-state index in [9.17, 15) is 13.2 Å². The van der Waals surface area contributed by atoms with Gasteiger partial charge >= 0.3 is 0 Å². The van der Waals surface area contributed by atoms with E-state index in [2.05, 4.69) is 0 Å². The maximum atomic E-state index is 12.1. The Morgan fingerprint density at radius 3 is 2.09 bits per heavy atom. The Bertz CT molecular complexity index is 753. The molecule has 0 aromatic heterocycles. The van der Waals surface area contributed by atoms with Crippen LogP contribution in [0.15, 0.2) is 54.6 Å². The molecule has 0 bridgehead atoms. The van der Waals surface area contributed by atoms with Gasteiger partial charge in [-0.2, -0.15) is 0 Å². The lowest BCUT2D eigenvalue weighted by Crippen LogP contribution is -2.26. The minimum absolute atomic E-state index is 0.0412. The highest BCUT2D eigenvalue weighted by atomic mass is 32.2. The molecule has 2 aromatic rings. The molecule has 5 heteroatoms. The first kappa shape index (κ1) is 17.2. The van der Waals surface area contributed by atoms with Crippen molar-refractivity contribution in [2.75, 3.05) is 24.0 Å². The molecule has 0 aliphatic carbocycles. The molecule has 0 radical (unpaired) electrons. The van der Waals surface area contributed by atoms with E-state index in [1.807, 2.05) is 54.6 Å². The van der Waals surface area contributed by atoms with Gasteiger partial charge in [-0.25, -0.2) is 8.42 Å². The molecule has 23 heavy (non-hydrogen) atoms. The molecule has 0 atom stereocenters. The van der Waals surface area contributed by atoms with E-state index in [1.165, 1.54) is 6.26 Å². The Morgan fingerprint density at radius 1 is 0.957 bits per heavy atom. The molecule has 0 aliphatic rings. The predicted molar refractivity (Wildman–Crippen MR) is 94.2 cm³/mol. The first-order valence-corrected chi connectivity index (χ1v) is 9.52. The summed E-state index contributed by atoms with van der Waals surface area (Å²) in [6, 6.07) is 17.8. The third-order valence-electron chi connectivity index (χ3n) is 3.64. The molecule has 0 N–H and O–H groups in total. The molecule has 0 unspecified atom stereocenters. The number of sulfone groups is 1. The Morgan fingerprint density at radius 2 is 1.52 bits per heavy atom. The predicted octanol–water partition coefficient (Wildman–Crippen LogP) is 3.14. The van der Waals surface area contributed by atoms with Crippen LogP contribution in [0.3, 0.4) is 0 Å². The largest absolute Gasteiger partial charge is 0.316 e. The van der Waals surface area contributed by atoms with Crippen molar-refractivity contribution < 1.29 is 13.2 Å². The zero-order valence-corrected chi connectivity index (χ0v) is 14.2. The molecule has 1 amide bonds. The fourth-order valence-electron chi connectivity index (χ4n) is 2.31. The molecule has 0 heterocycles. The summed E-state index contributed by atoms with van der Waals surface area (Å²) in [4.78, 5) is 13.7. The standard InChI is InChI=1S/C18H21NO3S/c1-19(18(20)9-6-14-23(2,21)22)17-12-10-16(11-13-17)15-7-4-3-5-8-15/h3-5,7-8,10-13H,6,9,14H2,1-2H3. The number of carbonyl (C=O) groups excluding carboxylic acids is 1. The van der Waals surface area contributed by atoms with Crippen LogP contribution in [0.25, 0.3) is 11.1 Å². The molecule has 0 saturated carbocycles. The van der Waals surface area contributed by atoms with Gasteiger partial charge in [-0.1, -0.05) is 42.5 Å². The van der Waals surface area contributed by atoms with Crippen molar-refractivity contribution >= 4 is 21.4 Å². The smallest absolute Gasteiger partial charge is 0.226 e. The minimum Gasteiger partial charge on any atom is -0.316 e. The number of hydrogen-bond donors (Lipinski definition) is 0. The number of carbonyl (C=O) groups is 1. The fraction of sp³-hybridized carbons (Fsp3) is 0.278. The topological polar surface area (TPSA) is 54.5 Å². The van der Waals surface area contributed by atoms with Crippen molar-refractivity contribution in [3.63, 3.8) is 0 Å². The van der Waals surface area contributed by atoms with Crippen LogP contribution in [-0.2, 0) is 14.6 Å². The number of anilines is 1. The number of amides is 1. The van der Waals surface area contributed by atoms with Crippen LogP contribution in [-0.4, -0.2) is 33.4 Å². The highest BCUT2D eigenvalue weighted by Gasteiger charge is 2.12. The number of nitrogens with zero attached hydrogens (tertiary/aromatic N) is 1. The normalized spacial score (nSPS) is 11.2. The Labute approximate surface area is 137 Å². The van der Waals surface area contributed by atoms with E-state index in [0.717, 1.165) is 16.8 Å². The Hall–Kier alpha value is -2.14. The third-order valence-corrected chi connectivity index (χ3v) is 4.67. The van der Waals surface area contributed by atoms with Crippen LogP contribution < -0.4 is 4.90 Å². The summed E-state index contributed by atoms with van der Waals surface area (Å²) in [5.41, 5.74) is 3.02. The lowest BCUT2D eigenvalue weighted by Gasteiger charge is -2.17. The van der Waals surface area contributed by atoms with Gasteiger partial charge < -0.3 is 4.90 Å². The van der Waals surface area contributed by atoms with E-state index < -0.39 is 9.84 Å². The molecular weight excluding hydrogens is 310 g/mol. The van der Waals surface area contributed by atoms with Crippen LogP contribution in [0, 0.1) is 0 Å². The second kappa shape index (κ2) is 7.42. The average molecular weight is 331 g/mol. The van der Waals surface area contributed by atoms with Gasteiger partial charge in [0.15, 0.2) is 0 Å². The zero-order valence-electron chi connectivity index (χ0n) is 13.4. The maximum absolute atomic E-state index is 12.1. The van der Waals surface area contributed by atoms with Gasteiger partial charge in [0.1, 0.15) is 9.84 Å². The van der Waals surface area contributed by atoms with Crippen molar-refractivity contribution in [2.24, 2.45) is 0 Å². The second-order valence-corrected chi connectivity index (χ2v) is 7.86. The van der Waals surface area contributed by atoms with Crippen molar-refractivity contribution in [3.8, 4) is 11.1 Å². The first-order chi connectivity index (χ1) is 10.9. The van der Waals surface area contributed by atoms with Gasteiger partial charge in [-0.15, -0.1) is 0 Å². The summed E-state index contributed by atoms with van der Waals surface area (Å²) in [5, 5.41) is 0. The van der Waals surface area contributed by atoms with Crippen molar-refractivity contribution in [1.29, 1.82) is 0 Å². The zero-order chi connectivity index (χ0) is 16.9. The molecule has 2 aromatic carbocycles. The summed E-state index contributed by atoms with van der Waals surface area (Å²) in [6.45, 7) is 0. The first-order valence-electron chi connectivity index (χ1n) is 7.46. The van der Waals surface area contributed by atoms with Crippen LogP contribution in [0.2, 0.25) is 0 Å². The van der Waals surface area contributed by atoms with Crippen molar-refractivity contribution in [2.45, 2.75) is 12.8 Å². The lowest BCUT2D eigenvalue weighted by molar-refractivity contribution is -0.118. The summed E-state index contributed by atoms with van der Waals surface area (Å²) >= 11 is 0. The molecule has 0 aliphatic heterocycles. The molecule has 0 spiro atoms. The van der Waals surface area contributed by atoms with E-state index >= 15 is 0 Å². The summed E-state index contributed by atoms with van der Waals surface area (Å²) in [5.74, 6) is -0.0411. The van der Waals surface area contributed by atoms with Crippen molar-refractivity contribution in [3.05, 3.63) is 54.6 Å². The maximum Gasteiger partial charge on any atom is 0.226 e. The Balaban J connectivity index is 2.00. The third kappa shape index (κ3) is 5.21. The molecule has 4 nitrogen and oxygen atoms in total. The number of hydrogen-bond acceptors (Lipinski definition) is 3. The molecule has 0 fully saturated rings. The van der Waals surface area contributed by atoms with Crippen molar-refractivity contribution in [1.82, 2.24) is 0 Å². The minimum atomic E-state index is -3.02. The lowest BCUT2D eigenvalue weighted by atomic mass is 10.1. The van der Waals surface area contributed by atoms with Gasteiger partial charge in [0, 0.05) is 25.4 Å². The quantitative estimate of drug-likeness (QED) is 0.817. The Kier molecular flexibility index (Phi) is 5.55. The average Bonchev–Trinajstić information content (AvgIpc) is 2.54. The van der Waals surface area contributed by atoms with Gasteiger partial charge in [-0.05, 0) is 29.7 Å². The van der Waals surface area contributed by atoms with Gasteiger partial charge in [0.05, 0.1) is 5.75 Å². The highest BCUT2D eigenvalue weighted by molar-refractivity contribution is 7.90. The highest BCUT2D eigenvalue weighted by Crippen LogP contribution is 2.22. The van der Waals surface area contributed by atoms with Crippen LogP contribution >= 0.6 is 0 Å². The van der Waals surface area contributed by atoms with Crippen LogP contribution in [0.1, 0.15) is 12.8 Å².